The van der Waals surface area contributed by atoms with Crippen LogP contribution in [0.3, 0.4) is 0 Å². The molecule has 0 aliphatic rings. The van der Waals surface area contributed by atoms with Crippen molar-refractivity contribution in [3.63, 3.8) is 0 Å². The Morgan fingerprint density at radius 1 is 0.833 bits per heavy atom. The molecule has 0 fully saturated rings. The molecular formula is C19H19N5. The minimum absolute atomic E-state index is 0.872. The first-order chi connectivity index (χ1) is 11.5. The summed E-state index contributed by atoms with van der Waals surface area (Å²) in [6.07, 6.45) is 0. The number of hydrogen-bond donors (Lipinski definition) is 0. The molecule has 4 rings (SSSR count). The number of fused-ring (bicyclic) bond motifs is 1. The number of benzene rings is 1. The zero-order chi connectivity index (χ0) is 16.8. The second-order valence-electron chi connectivity index (χ2n) is 6.17. The SMILES string of the molecule is Cc1cc(-n2nc(C)cc2C)n2nc(-c3ccccc3)c(C)c2n1. The van der Waals surface area contributed by atoms with E-state index in [-0.39, 0.29) is 0 Å². The molecule has 3 aromatic heterocycles. The summed E-state index contributed by atoms with van der Waals surface area (Å²) in [4.78, 5) is 4.70. The van der Waals surface area contributed by atoms with Crippen LogP contribution < -0.4 is 0 Å². The number of aromatic nitrogens is 5. The van der Waals surface area contributed by atoms with Gasteiger partial charge in [-0.3, -0.25) is 0 Å². The van der Waals surface area contributed by atoms with Crippen LogP contribution in [0, 0.1) is 27.7 Å². The Balaban J connectivity index is 2.04. The minimum atomic E-state index is 0.872. The molecular weight excluding hydrogens is 298 g/mol. The lowest BCUT2D eigenvalue weighted by molar-refractivity contribution is 0.753. The molecule has 5 heteroatoms. The molecule has 0 unspecified atom stereocenters. The fourth-order valence-electron chi connectivity index (χ4n) is 3.11. The molecule has 0 aliphatic carbocycles. The molecule has 4 aromatic rings. The van der Waals surface area contributed by atoms with Crippen molar-refractivity contribution in [3.8, 4) is 17.1 Å². The first kappa shape index (κ1) is 14.6. The summed E-state index contributed by atoms with van der Waals surface area (Å²) in [6, 6.07) is 14.3. The van der Waals surface area contributed by atoms with Gasteiger partial charge in [-0.15, -0.1) is 0 Å². The molecule has 0 saturated carbocycles. The van der Waals surface area contributed by atoms with Crippen LogP contribution in [0.15, 0.2) is 42.5 Å². The van der Waals surface area contributed by atoms with Crippen molar-refractivity contribution in [2.45, 2.75) is 27.7 Å². The standard InChI is InChI=1S/C19H19N5/c1-12-11-17(23-14(3)10-13(2)21-23)24-19(20-12)15(4)18(22-24)16-8-6-5-7-9-16/h5-11H,1-4H3. The fraction of sp³-hybridized carbons (Fsp3) is 0.211. The van der Waals surface area contributed by atoms with Crippen LogP contribution in [0.5, 0.6) is 0 Å². The van der Waals surface area contributed by atoms with Gasteiger partial charge in [0.25, 0.3) is 0 Å². The van der Waals surface area contributed by atoms with Crippen LogP contribution in [0.1, 0.15) is 22.6 Å². The van der Waals surface area contributed by atoms with Gasteiger partial charge in [-0.1, -0.05) is 30.3 Å². The van der Waals surface area contributed by atoms with E-state index < -0.39 is 0 Å². The first-order valence-corrected chi connectivity index (χ1v) is 8.00. The van der Waals surface area contributed by atoms with E-state index in [1.807, 2.05) is 47.3 Å². The highest BCUT2D eigenvalue weighted by molar-refractivity contribution is 5.70. The van der Waals surface area contributed by atoms with Crippen molar-refractivity contribution in [1.82, 2.24) is 24.4 Å². The summed E-state index contributed by atoms with van der Waals surface area (Å²) in [5, 5.41) is 9.46. The third-order valence-corrected chi connectivity index (χ3v) is 4.20. The number of rotatable bonds is 2. The quantitative estimate of drug-likeness (QED) is 0.565. The van der Waals surface area contributed by atoms with E-state index in [2.05, 4.69) is 37.1 Å². The van der Waals surface area contributed by atoms with Gasteiger partial charge >= 0.3 is 0 Å². The summed E-state index contributed by atoms with van der Waals surface area (Å²) >= 11 is 0. The van der Waals surface area contributed by atoms with Crippen molar-refractivity contribution < 1.29 is 0 Å². The van der Waals surface area contributed by atoms with E-state index in [0.717, 1.165) is 45.4 Å². The predicted octanol–water partition coefficient (Wildman–Crippen LogP) is 3.82. The van der Waals surface area contributed by atoms with Crippen molar-refractivity contribution in [1.29, 1.82) is 0 Å². The summed E-state index contributed by atoms with van der Waals surface area (Å²) < 4.78 is 3.82. The molecule has 24 heavy (non-hydrogen) atoms. The lowest BCUT2D eigenvalue weighted by Gasteiger charge is -2.08. The minimum Gasteiger partial charge on any atom is -0.233 e. The number of aryl methyl sites for hydroxylation is 4. The molecule has 1 aromatic carbocycles. The Kier molecular flexibility index (Phi) is 3.23. The third-order valence-electron chi connectivity index (χ3n) is 4.20. The van der Waals surface area contributed by atoms with Gasteiger partial charge in [-0.05, 0) is 33.8 Å². The maximum atomic E-state index is 4.84. The van der Waals surface area contributed by atoms with E-state index in [4.69, 9.17) is 10.1 Å². The highest BCUT2D eigenvalue weighted by atomic mass is 15.4. The molecule has 3 heterocycles. The monoisotopic (exact) mass is 317 g/mol. The maximum Gasteiger partial charge on any atom is 0.161 e. The van der Waals surface area contributed by atoms with E-state index >= 15 is 0 Å². The summed E-state index contributed by atoms with van der Waals surface area (Å²) in [7, 11) is 0. The van der Waals surface area contributed by atoms with Gasteiger partial charge in [0.1, 0.15) is 0 Å². The third kappa shape index (κ3) is 2.21. The summed E-state index contributed by atoms with van der Waals surface area (Å²) in [5.41, 5.74) is 7.02. The first-order valence-electron chi connectivity index (χ1n) is 8.00. The Morgan fingerprint density at radius 3 is 2.25 bits per heavy atom. The Morgan fingerprint density at radius 2 is 1.58 bits per heavy atom. The molecule has 0 amide bonds. The molecule has 0 aliphatic heterocycles. The van der Waals surface area contributed by atoms with E-state index in [1.54, 1.807) is 0 Å². The van der Waals surface area contributed by atoms with Crippen molar-refractivity contribution in [3.05, 3.63) is 65.1 Å². The van der Waals surface area contributed by atoms with Crippen molar-refractivity contribution >= 4 is 5.65 Å². The molecule has 0 radical (unpaired) electrons. The molecule has 0 N–H and O–H groups in total. The van der Waals surface area contributed by atoms with Gasteiger partial charge < -0.3 is 0 Å². The normalized spacial score (nSPS) is 11.3. The predicted molar refractivity (Wildman–Crippen MR) is 94.5 cm³/mol. The largest absolute Gasteiger partial charge is 0.233 e. The van der Waals surface area contributed by atoms with Crippen LogP contribution in [-0.2, 0) is 0 Å². The highest BCUT2D eigenvalue weighted by Crippen LogP contribution is 2.26. The van der Waals surface area contributed by atoms with Gasteiger partial charge in [-0.25, -0.2) is 9.67 Å². The van der Waals surface area contributed by atoms with Crippen LogP contribution in [0.4, 0.5) is 0 Å². The average Bonchev–Trinajstić information content (AvgIpc) is 3.07. The molecule has 0 saturated heterocycles. The van der Waals surface area contributed by atoms with Gasteiger partial charge in [0.05, 0.1) is 11.4 Å². The van der Waals surface area contributed by atoms with Gasteiger partial charge in [0.15, 0.2) is 11.5 Å². The number of nitrogens with zero attached hydrogens (tertiary/aromatic N) is 5. The lowest BCUT2D eigenvalue weighted by Crippen LogP contribution is -2.08. The smallest absolute Gasteiger partial charge is 0.161 e. The molecule has 0 bridgehead atoms. The van der Waals surface area contributed by atoms with Crippen LogP contribution in [0.25, 0.3) is 22.7 Å². The van der Waals surface area contributed by atoms with E-state index in [9.17, 15) is 0 Å². The van der Waals surface area contributed by atoms with Crippen LogP contribution >= 0.6 is 0 Å². The maximum absolute atomic E-state index is 4.84. The molecule has 120 valence electrons. The zero-order valence-electron chi connectivity index (χ0n) is 14.3. The zero-order valence-corrected chi connectivity index (χ0v) is 14.3. The Bertz CT molecular complexity index is 1040. The highest BCUT2D eigenvalue weighted by Gasteiger charge is 2.17. The Hall–Kier alpha value is -2.95. The van der Waals surface area contributed by atoms with Gasteiger partial charge in [-0.2, -0.15) is 14.7 Å². The summed E-state index contributed by atoms with van der Waals surface area (Å²) in [5.74, 6) is 0.911. The second-order valence-corrected chi connectivity index (χ2v) is 6.17. The average molecular weight is 317 g/mol. The van der Waals surface area contributed by atoms with Crippen LogP contribution in [0.2, 0.25) is 0 Å². The topological polar surface area (TPSA) is 48.0 Å². The van der Waals surface area contributed by atoms with E-state index in [1.165, 1.54) is 0 Å². The Labute approximate surface area is 140 Å². The molecule has 5 nitrogen and oxygen atoms in total. The summed E-state index contributed by atoms with van der Waals surface area (Å²) in [6.45, 7) is 8.13. The van der Waals surface area contributed by atoms with Crippen LogP contribution in [-0.4, -0.2) is 24.4 Å². The molecule has 0 atom stereocenters. The lowest BCUT2D eigenvalue weighted by atomic mass is 10.1. The van der Waals surface area contributed by atoms with E-state index in [0.29, 0.717) is 0 Å². The van der Waals surface area contributed by atoms with Crippen molar-refractivity contribution in [2.24, 2.45) is 0 Å². The second kappa shape index (κ2) is 5.30. The van der Waals surface area contributed by atoms with Gasteiger partial charge in [0.2, 0.25) is 0 Å². The van der Waals surface area contributed by atoms with Crippen molar-refractivity contribution in [2.75, 3.05) is 0 Å². The van der Waals surface area contributed by atoms with Gasteiger partial charge in [0, 0.05) is 28.6 Å². The molecule has 0 spiro atoms. The number of hydrogen-bond acceptors (Lipinski definition) is 3. The fourth-order valence-corrected chi connectivity index (χ4v) is 3.11.